The minimum absolute atomic E-state index is 0.0517. The van der Waals surface area contributed by atoms with Crippen molar-refractivity contribution in [2.45, 2.75) is 96.1 Å². The number of benzene rings is 1. The molecule has 0 unspecified atom stereocenters. The zero-order valence-electron chi connectivity index (χ0n) is 22.2. The fourth-order valence-corrected chi connectivity index (χ4v) is 3.82. The molecule has 1 aromatic heterocycles. The molecule has 39 heavy (non-hydrogen) atoms. The summed E-state index contributed by atoms with van der Waals surface area (Å²) in [4.78, 5) is 21.7. The number of aromatic nitrogens is 1. The molecule has 0 aliphatic rings. The molecule has 0 spiro atoms. The average molecular weight is 556 g/mol. The molecule has 1 heterocycles. The van der Waals surface area contributed by atoms with E-state index >= 15 is 0 Å². The lowest BCUT2D eigenvalue weighted by Crippen LogP contribution is -2.60. The third-order valence-corrected chi connectivity index (χ3v) is 6.23. The van der Waals surface area contributed by atoms with Gasteiger partial charge in [0, 0.05) is 30.2 Å². The normalized spacial score (nSPS) is 11.7. The SMILES string of the molecule is CCCCCCCCCCCC[n+]1ccc(COc2cccc(NNC(=O)C(F)(F)C(F)(F)C(=O)[O-])c2)cc1. The van der Waals surface area contributed by atoms with E-state index in [0.29, 0.717) is 5.75 Å². The largest absolute Gasteiger partial charge is 0.544 e. The monoisotopic (exact) mass is 555 g/mol. The van der Waals surface area contributed by atoms with Gasteiger partial charge in [0.2, 0.25) is 0 Å². The van der Waals surface area contributed by atoms with Crippen LogP contribution in [0.2, 0.25) is 0 Å². The molecular weight excluding hydrogens is 518 g/mol. The fourth-order valence-electron chi connectivity index (χ4n) is 3.82. The number of hydrazine groups is 1. The number of halogens is 4. The molecule has 0 radical (unpaired) electrons. The molecule has 1 aromatic carbocycles. The van der Waals surface area contributed by atoms with E-state index in [1.165, 1.54) is 81.4 Å². The van der Waals surface area contributed by atoms with Gasteiger partial charge in [-0.05, 0) is 18.6 Å². The van der Waals surface area contributed by atoms with Crippen molar-refractivity contribution in [3.63, 3.8) is 0 Å². The average Bonchev–Trinajstić information content (AvgIpc) is 2.92. The van der Waals surface area contributed by atoms with E-state index in [0.717, 1.165) is 18.5 Å². The highest BCUT2D eigenvalue weighted by Crippen LogP contribution is 2.34. The third-order valence-electron chi connectivity index (χ3n) is 6.23. The fraction of sp³-hybridized carbons (Fsp3) is 0.536. The second-order valence-electron chi connectivity index (χ2n) is 9.46. The van der Waals surface area contributed by atoms with Crippen LogP contribution >= 0.6 is 0 Å². The predicted molar refractivity (Wildman–Crippen MR) is 136 cm³/mol. The number of alkyl halides is 4. The van der Waals surface area contributed by atoms with Gasteiger partial charge >= 0.3 is 17.8 Å². The highest BCUT2D eigenvalue weighted by atomic mass is 19.3. The van der Waals surface area contributed by atoms with E-state index in [9.17, 15) is 32.3 Å². The van der Waals surface area contributed by atoms with Crippen LogP contribution in [0.25, 0.3) is 0 Å². The van der Waals surface area contributed by atoms with Crippen LogP contribution in [0.5, 0.6) is 5.75 Å². The van der Waals surface area contributed by atoms with E-state index in [1.54, 1.807) is 6.07 Å². The maximum Gasteiger partial charge on any atom is 0.393 e. The number of rotatable bonds is 19. The van der Waals surface area contributed by atoms with Crippen LogP contribution in [-0.4, -0.2) is 23.7 Å². The number of carboxylic acids is 1. The Hall–Kier alpha value is -3.37. The number of pyridine rings is 1. The molecule has 2 aromatic rings. The summed E-state index contributed by atoms with van der Waals surface area (Å²) in [5.41, 5.74) is 4.37. The molecular formula is C28H37F4N3O4. The van der Waals surface area contributed by atoms with Crippen molar-refractivity contribution in [3.8, 4) is 5.75 Å². The molecule has 7 nitrogen and oxygen atoms in total. The van der Waals surface area contributed by atoms with E-state index < -0.39 is 23.7 Å². The second kappa shape index (κ2) is 15.9. The van der Waals surface area contributed by atoms with Gasteiger partial charge in [0.1, 0.15) is 24.9 Å². The van der Waals surface area contributed by atoms with Gasteiger partial charge in [0.15, 0.2) is 12.4 Å². The molecule has 0 saturated carbocycles. The number of anilines is 1. The summed E-state index contributed by atoms with van der Waals surface area (Å²) in [7, 11) is 0. The van der Waals surface area contributed by atoms with Crippen molar-refractivity contribution in [3.05, 3.63) is 54.4 Å². The van der Waals surface area contributed by atoms with E-state index in [4.69, 9.17) is 4.74 Å². The van der Waals surface area contributed by atoms with Gasteiger partial charge in [0.25, 0.3) is 0 Å². The van der Waals surface area contributed by atoms with Crippen LogP contribution in [0.1, 0.15) is 76.7 Å². The zero-order chi connectivity index (χ0) is 28.7. The van der Waals surface area contributed by atoms with Crippen LogP contribution in [-0.2, 0) is 22.7 Å². The maximum absolute atomic E-state index is 13.5. The van der Waals surface area contributed by atoms with E-state index in [1.807, 2.05) is 30.0 Å². The number of unbranched alkanes of at least 4 members (excludes halogenated alkanes) is 9. The van der Waals surface area contributed by atoms with Gasteiger partial charge in [-0.2, -0.15) is 17.6 Å². The molecule has 0 aliphatic carbocycles. The highest BCUT2D eigenvalue weighted by molar-refractivity contribution is 5.92. The Morgan fingerprint density at radius 2 is 1.46 bits per heavy atom. The summed E-state index contributed by atoms with van der Waals surface area (Å²) in [6, 6.07) is 9.64. The first-order valence-corrected chi connectivity index (χ1v) is 13.3. The number of hydrogen-bond acceptors (Lipinski definition) is 5. The lowest BCUT2D eigenvalue weighted by atomic mass is 10.1. The lowest BCUT2D eigenvalue weighted by molar-refractivity contribution is -0.697. The Bertz CT molecular complexity index is 1040. The quantitative estimate of drug-likeness (QED) is 0.111. The highest BCUT2D eigenvalue weighted by Gasteiger charge is 2.63. The van der Waals surface area contributed by atoms with E-state index in [2.05, 4.69) is 11.5 Å². The van der Waals surface area contributed by atoms with E-state index in [-0.39, 0.29) is 12.3 Å². The molecule has 11 heteroatoms. The molecule has 2 N–H and O–H groups in total. The first-order valence-electron chi connectivity index (χ1n) is 13.3. The Morgan fingerprint density at radius 3 is 2.05 bits per heavy atom. The second-order valence-corrected chi connectivity index (χ2v) is 9.46. The van der Waals surface area contributed by atoms with Crippen LogP contribution in [0, 0.1) is 0 Å². The predicted octanol–water partition coefficient (Wildman–Crippen LogP) is 4.94. The Kier molecular flexibility index (Phi) is 13.0. The smallest absolute Gasteiger partial charge is 0.393 e. The topological polar surface area (TPSA) is 94.4 Å². The minimum Gasteiger partial charge on any atom is -0.544 e. The number of aliphatic carboxylic acids is 1. The van der Waals surface area contributed by atoms with Crippen LogP contribution in [0.15, 0.2) is 48.8 Å². The van der Waals surface area contributed by atoms with Crippen molar-refractivity contribution in [2.24, 2.45) is 0 Å². The number of carboxylic acid groups (broad SMARTS) is 1. The van der Waals surface area contributed by atoms with Crippen molar-refractivity contribution < 1.29 is 41.6 Å². The van der Waals surface area contributed by atoms with Gasteiger partial charge in [-0.3, -0.25) is 15.6 Å². The number of hydrogen-bond donors (Lipinski definition) is 2. The number of nitrogens with zero attached hydrogens (tertiary/aromatic N) is 1. The van der Waals surface area contributed by atoms with Gasteiger partial charge in [0.05, 0.1) is 5.69 Å². The molecule has 0 atom stereocenters. The number of carbonyl (C=O) groups is 2. The molecule has 0 saturated heterocycles. The van der Waals surface area contributed by atoms with Crippen molar-refractivity contribution in [2.75, 3.05) is 5.43 Å². The minimum atomic E-state index is -5.68. The van der Waals surface area contributed by atoms with Crippen molar-refractivity contribution in [1.29, 1.82) is 0 Å². The summed E-state index contributed by atoms with van der Waals surface area (Å²) < 4.78 is 61.0. The number of nitrogens with one attached hydrogen (secondary N) is 2. The number of carbonyl (C=O) groups excluding carboxylic acids is 2. The van der Waals surface area contributed by atoms with Crippen molar-refractivity contribution in [1.82, 2.24) is 5.43 Å². The molecule has 0 fully saturated rings. The first kappa shape index (κ1) is 31.8. The third kappa shape index (κ3) is 10.4. The summed E-state index contributed by atoms with van der Waals surface area (Å²) >= 11 is 0. The molecule has 216 valence electrons. The molecule has 2 rings (SSSR count). The van der Waals surface area contributed by atoms with Crippen LogP contribution < -0.4 is 25.3 Å². The first-order chi connectivity index (χ1) is 18.6. The Labute approximate surface area is 226 Å². The lowest BCUT2D eigenvalue weighted by Gasteiger charge is -2.26. The van der Waals surface area contributed by atoms with Gasteiger partial charge in [-0.1, -0.05) is 64.4 Å². The summed E-state index contributed by atoms with van der Waals surface area (Å²) in [5.74, 6) is -16.8. The number of aryl methyl sites for hydroxylation is 1. The van der Waals surface area contributed by atoms with Gasteiger partial charge in [-0.15, -0.1) is 0 Å². The summed E-state index contributed by atoms with van der Waals surface area (Å²) in [5, 5.41) is 10.3. The molecule has 0 aliphatic heterocycles. The van der Waals surface area contributed by atoms with Gasteiger partial charge in [-0.25, -0.2) is 4.57 Å². The Balaban J connectivity index is 1.71. The molecule has 1 amide bonds. The van der Waals surface area contributed by atoms with Crippen LogP contribution in [0.3, 0.4) is 0 Å². The zero-order valence-corrected chi connectivity index (χ0v) is 22.2. The number of amides is 1. The standard InChI is InChI=1S/C28H37F4N3O4/c1-2-3-4-5-6-7-8-9-10-11-17-35-18-15-22(16-19-35)21-39-24-14-12-13-23(20-24)33-34-25(36)27(29,30)28(31,32)26(37)38/h12-16,18-20,33H,2-11,17,21H2,1H3,(H-,34,36,37,38). The summed E-state index contributed by atoms with van der Waals surface area (Å²) in [6.45, 7) is 3.38. The maximum atomic E-state index is 13.5. The molecule has 0 bridgehead atoms. The van der Waals surface area contributed by atoms with Gasteiger partial charge < -0.3 is 14.6 Å². The summed E-state index contributed by atoms with van der Waals surface area (Å²) in [6.07, 6.45) is 16.8. The van der Waals surface area contributed by atoms with Crippen molar-refractivity contribution >= 4 is 17.6 Å². The number of ether oxygens (including phenoxy) is 1. The van der Waals surface area contributed by atoms with Crippen LogP contribution in [0.4, 0.5) is 23.2 Å². The Morgan fingerprint density at radius 1 is 0.872 bits per heavy atom.